The van der Waals surface area contributed by atoms with E-state index in [-0.39, 0.29) is 32.9 Å². The number of halogens is 2. The number of hydrogen-bond donors (Lipinski definition) is 0. The van der Waals surface area contributed by atoms with Gasteiger partial charge in [-0.15, -0.1) is 0 Å². The van der Waals surface area contributed by atoms with Crippen LogP contribution in [0.4, 0.5) is 10.3 Å². The summed E-state index contributed by atoms with van der Waals surface area (Å²) in [5.41, 5.74) is 2.64. The summed E-state index contributed by atoms with van der Waals surface area (Å²) >= 11 is 5.95. The van der Waals surface area contributed by atoms with Crippen LogP contribution in [0.2, 0.25) is 5.02 Å². The molecule has 1 aromatic carbocycles. The summed E-state index contributed by atoms with van der Waals surface area (Å²) in [7, 11) is 1.63. The van der Waals surface area contributed by atoms with E-state index < -0.39 is 5.82 Å². The zero-order chi connectivity index (χ0) is 22.4. The van der Waals surface area contributed by atoms with Crippen LogP contribution < -0.4 is 10.5 Å². The lowest BCUT2D eigenvalue weighted by atomic mass is 10.1. The number of fused-ring (bicyclic) bond motifs is 2. The maximum absolute atomic E-state index is 14.9. The molecule has 4 heterocycles. The van der Waals surface area contributed by atoms with E-state index in [0.29, 0.717) is 37.7 Å². The molecule has 162 valence electrons. The van der Waals surface area contributed by atoms with Gasteiger partial charge in [0, 0.05) is 49.0 Å². The van der Waals surface area contributed by atoms with E-state index in [1.165, 1.54) is 10.6 Å². The summed E-state index contributed by atoms with van der Waals surface area (Å²) in [4.78, 5) is 37.3. The molecule has 4 aromatic rings. The lowest BCUT2D eigenvalue weighted by Crippen LogP contribution is -2.29. The van der Waals surface area contributed by atoms with Crippen molar-refractivity contribution in [2.24, 2.45) is 7.05 Å². The molecular weight excluding hydrogens is 433 g/mol. The van der Waals surface area contributed by atoms with Crippen LogP contribution in [0.25, 0.3) is 22.3 Å². The van der Waals surface area contributed by atoms with Crippen molar-refractivity contribution in [3.05, 3.63) is 69.0 Å². The quantitative estimate of drug-likeness (QED) is 0.463. The molecule has 0 spiro atoms. The summed E-state index contributed by atoms with van der Waals surface area (Å²) in [6.07, 6.45) is 4.77. The summed E-state index contributed by atoms with van der Waals surface area (Å²) in [6, 6.07) is 4.36. The second kappa shape index (κ2) is 7.90. The molecule has 1 aliphatic rings. The average Bonchev–Trinajstić information content (AvgIpc) is 3.00. The van der Waals surface area contributed by atoms with E-state index >= 15 is 0 Å². The predicted molar refractivity (Wildman–Crippen MR) is 119 cm³/mol. The van der Waals surface area contributed by atoms with Crippen molar-refractivity contribution >= 4 is 28.6 Å². The number of hydrogen-bond acceptors (Lipinski definition) is 7. The van der Waals surface area contributed by atoms with Crippen LogP contribution in [-0.4, -0.2) is 42.6 Å². The fourth-order valence-electron chi connectivity index (χ4n) is 3.88. The number of benzene rings is 1. The molecule has 1 aliphatic heterocycles. The molecule has 0 aliphatic carbocycles. The Bertz CT molecular complexity index is 1390. The van der Waals surface area contributed by atoms with Gasteiger partial charge in [0.15, 0.2) is 5.52 Å². The van der Waals surface area contributed by atoms with Gasteiger partial charge in [0.2, 0.25) is 5.95 Å². The van der Waals surface area contributed by atoms with E-state index in [9.17, 15) is 9.18 Å². The van der Waals surface area contributed by atoms with E-state index in [0.717, 1.165) is 11.3 Å². The van der Waals surface area contributed by atoms with Crippen LogP contribution in [0.5, 0.6) is 0 Å². The van der Waals surface area contributed by atoms with Gasteiger partial charge in [-0.2, -0.15) is 0 Å². The van der Waals surface area contributed by atoms with Gasteiger partial charge < -0.3 is 4.90 Å². The first-order valence-electron chi connectivity index (χ1n) is 10.2. The molecule has 0 fully saturated rings. The lowest BCUT2D eigenvalue weighted by Gasteiger charge is -2.21. The third-order valence-electron chi connectivity index (χ3n) is 5.76. The smallest absolute Gasteiger partial charge is 0.279 e. The topological polar surface area (TPSA) is 89.7 Å². The Morgan fingerprint density at radius 1 is 1.09 bits per heavy atom. The number of anilines is 1. The Kier molecular flexibility index (Phi) is 5.05. The average molecular weight is 452 g/mol. The molecule has 0 N–H and O–H groups in total. The van der Waals surface area contributed by atoms with Gasteiger partial charge in [0.25, 0.3) is 5.56 Å². The fraction of sp³-hybridized carbons (Fsp3) is 0.273. The van der Waals surface area contributed by atoms with E-state index in [1.54, 1.807) is 32.4 Å². The predicted octanol–water partition coefficient (Wildman–Crippen LogP) is 2.89. The summed E-state index contributed by atoms with van der Waals surface area (Å²) in [6.45, 7) is 2.94. The molecule has 0 bridgehead atoms. The fourth-order valence-corrected chi connectivity index (χ4v) is 4.04. The van der Waals surface area contributed by atoms with Crippen molar-refractivity contribution in [2.45, 2.75) is 19.8 Å². The van der Waals surface area contributed by atoms with E-state index in [4.69, 9.17) is 11.6 Å². The molecule has 0 amide bonds. The zero-order valence-corrected chi connectivity index (χ0v) is 18.3. The third kappa shape index (κ3) is 3.48. The van der Waals surface area contributed by atoms with Crippen LogP contribution >= 0.6 is 11.6 Å². The minimum absolute atomic E-state index is 0.147. The Morgan fingerprint density at radius 2 is 1.91 bits per heavy atom. The minimum atomic E-state index is -0.540. The molecule has 0 radical (unpaired) electrons. The van der Waals surface area contributed by atoms with Gasteiger partial charge in [-0.05, 0) is 37.1 Å². The highest BCUT2D eigenvalue weighted by atomic mass is 35.5. The normalized spacial score (nSPS) is 13.8. The zero-order valence-electron chi connectivity index (χ0n) is 17.5. The second-order valence-corrected chi connectivity index (χ2v) is 8.13. The van der Waals surface area contributed by atoms with Crippen LogP contribution in [0.15, 0.2) is 35.5 Å². The van der Waals surface area contributed by atoms with Crippen LogP contribution in [0, 0.1) is 12.7 Å². The van der Waals surface area contributed by atoms with E-state index in [1.807, 2.05) is 11.1 Å². The van der Waals surface area contributed by atoms with Gasteiger partial charge in [-0.1, -0.05) is 11.6 Å². The highest BCUT2D eigenvalue weighted by Crippen LogP contribution is 2.30. The molecule has 5 rings (SSSR count). The van der Waals surface area contributed by atoms with Crippen molar-refractivity contribution in [2.75, 3.05) is 18.0 Å². The first-order chi connectivity index (χ1) is 15.4. The maximum Gasteiger partial charge on any atom is 0.279 e. The first-order valence-corrected chi connectivity index (χ1v) is 10.5. The van der Waals surface area contributed by atoms with Crippen molar-refractivity contribution in [1.29, 1.82) is 0 Å². The Labute approximate surface area is 187 Å². The molecule has 0 saturated carbocycles. The van der Waals surface area contributed by atoms with Gasteiger partial charge in [-0.3, -0.25) is 9.36 Å². The highest BCUT2D eigenvalue weighted by Gasteiger charge is 2.23. The summed E-state index contributed by atoms with van der Waals surface area (Å²) in [5.74, 6) is 0.297. The van der Waals surface area contributed by atoms with Crippen LogP contribution in [0.1, 0.15) is 17.1 Å². The van der Waals surface area contributed by atoms with Gasteiger partial charge >= 0.3 is 0 Å². The Balaban J connectivity index is 1.70. The number of aromatic nitrogens is 6. The molecular formula is C22H19ClFN7O. The monoisotopic (exact) mass is 451 g/mol. The third-order valence-corrected chi connectivity index (χ3v) is 5.99. The van der Waals surface area contributed by atoms with Crippen molar-refractivity contribution in [3.8, 4) is 11.3 Å². The van der Waals surface area contributed by atoms with Crippen LogP contribution in [-0.2, 0) is 19.9 Å². The Morgan fingerprint density at radius 3 is 2.72 bits per heavy atom. The largest absolute Gasteiger partial charge is 0.340 e. The highest BCUT2D eigenvalue weighted by molar-refractivity contribution is 6.30. The van der Waals surface area contributed by atoms with E-state index in [2.05, 4.69) is 24.9 Å². The lowest BCUT2D eigenvalue weighted by molar-refractivity contribution is 0.630. The Hall–Kier alpha value is -3.46. The van der Waals surface area contributed by atoms with Crippen molar-refractivity contribution in [1.82, 2.24) is 29.5 Å². The van der Waals surface area contributed by atoms with Crippen molar-refractivity contribution < 1.29 is 4.39 Å². The van der Waals surface area contributed by atoms with Gasteiger partial charge in [-0.25, -0.2) is 29.3 Å². The molecule has 0 saturated heterocycles. The van der Waals surface area contributed by atoms with Crippen LogP contribution in [0.3, 0.4) is 0 Å². The number of aryl methyl sites for hydroxylation is 1. The molecule has 32 heavy (non-hydrogen) atoms. The maximum atomic E-state index is 14.9. The standard InChI is InChI=1S/C22H19ClFN7O/c1-12-27-19-18(15-4-3-14(23)9-16(15)24)28-22(29-20(19)21(32)30(12)2)31-7-5-13-10-25-11-26-17(13)6-8-31/h3-4,9-11H,5-8H2,1-2H3. The molecule has 0 unspecified atom stereocenters. The molecule has 3 aromatic heterocycles. The number of rotatable bonds is 2. The second-order valence-electron chi connectivity index (χ2n) is 7.70. The summed E-state index contributed by atoms with van der Waals surface area (Å²) < 4.78 is 16.3. The molecule has 8 nitrogen and oxygen atoms in total. The van der Waals surface area contributed by atoms with Gasteiger partial charge in [0.05, 0.1) is 0 Å². The molecule has 0 atom stereocenters. The van der Waals surface area contributed by atoms with Gasteiger partial charge in [0.1, 0.15) is 29.2 Å². The minimum Gasteiger partial charge on any atom is -0.340 e. The first kappa shape index (κ1) is 20.4. The summed E-state index contributed by atoms with van der Waals surface area (Å²) in [5, 5.41) is 0.274. The number of nitrogens with zero attached hydrogens (tertiary/aromatic N) is 7. The van der Waals surface area contributed by atoms with Crippen molar-refractivity contribution in [3.63, 3.8) is 0 Å². The molecule has 10 heteroatoms. The SMILES string of the molecule is Cc1nc2c(-c3ccc(Cl)cc3F)nc(N3CCc4cncnc4CC3)nc2c(=O)n1C.